The van der Waals surface area contributed by atoms with Crippen molar-refractivity contribution >= 4 is 33.9 Å². The van der Waals surface area contributed by atoms with E-state index in [0.29, 0.717) is 11.5 Å². The number of benzene rings is 1. The van der Waals surface area contributed by atoms with Gasteiger partial charge in [-0.3, -0.25) is 4.90 Å². The minimum atomic E-state index is 0.561. The van der Waals surface area contributed by atoms with Crippen LogP contribution in [0, 0.1) is 0 Å². The SMILES string of the molecule is NC(=S)CN1CCN(c2ncnc3ccccc23)CC1. The molecule has 5 nitrogen and oxygen atoms in total. The van der Waals surface area contributed by atoms with E-state index in [-0.39, 0.29) is 0 Å². The van der Waals surface area contributed by atoms with E-state index < -0.39 is 0 Å². The van der Waals surface area contributed by atoms with Crippen molar-refractivity contribution in [1.29, 1.82) is 0 Å². The molecule has 1 aromatic heterocycles. The zero-order valence-corrected chi connectivity index (χ0v) is 12.0. The van der Waals surface area contributed by atoms with Crippen molar-refractivity contribution in [3.63, 3.8) is 0 Å². The van der Waals surface area contributed by atoms with Crippen LogP contribution in [-0.2, 0) is 0 Å². The summed E-state index contributed by atoms with van der Waals surface area (Å²) in [5, 5.41) is 1.11. The molecular formula is C14H17N5S. The second-order valence-corrected chi connectivity index (χ2v) is 5.47. The number of anilines is 1. The highest BCUT2D eigenvalue weighted by molar-refractivity contribution is 7.80. The smallest absolute Gasteiger partial charge is 0.139 e. The summed E-state index contributed by atoms with van der Waals surface area (Å²) in [4.78, 5) is 13.9. The summed E-state index contributed by atoms with van der Waals surface area (Å²) in [5.41, 5.74) is 6.59. The zero-order valence-electron chi connectivity index (χ0n) is 11.2. The molecule has 1 saturated heterocycles. The third-order valence-electron chi connectivity index (χ3n) is 3.57. The topological polar surface area (TPSA) is 58.3 Å². The predicted molar refractivity (Wildman–Crippen MR) is 85.0 cm³/mol. The van der Waals surface area contributed by atoms with Crippen LogP contribution in [0.5, 0.6) is 0 Å². The molecule has 0 atom stereocenters. The average molecular weight is 287 g/mol. The lowest BCUT2D eigenvalue weighted by atomic mass is 10.2. The molecule has 6 heteroatoms. The van der Waals surface area contributed by atoms with E-state index in [1.165, 1.54) is 0 Å². The third kappa shape index (κ3) is 2.71. The fourth-order valence-electron chi connectivity index (χ4n) is 2.58. The number of piperazine rings is 1. The van der Waals surface area contributed by atoms with Crippen LogP contribution < -0.4 is 10.6 Å². The highest BCUT2D eigenvalue weighted by Crippen LogP contribution is 2.23. The number of thiocarbonyl (C=S) groups is 1. The Morgan fingerprint density at radius 2 is 1.90 bits per heavy atom. The van der Waals surface area contributed by atoms with Gasteiger partial charge in [0.05, 0.1) is 10.5 Å². The lowest BCUT2D eigenvalue weighted by molar-refractivity contribution is 0.292. The molecular weight excluding hydrogens is 270 g/mol. The van der Waals surface area contributed by atoms with E-state index in [1.807, 2.05) is 18.2 Å². The molecule has 0 radical (unpaired) electrons. The third-order valence-corrected chi connectivity index (χ3v) is 3.70. The number of rotatable bonds is 3. The van der Waals surface area contributed by atoms with Gasteiger partial charge in [-0.25, -0.2) is 9.97 Å². The molecule has 104 valence electrons. The first kappa shape index (κ1) is 13.2. The van der Waals surface area contributed by atoms with Crippen LogP contribution in [0.1, 0.15) is 0 Å². The summed E-state index contributed by atoms with van der Waals surface area (Å²) >= 11 is 4.96. The van der Waals surface area contributed by atoms with Crippen molar-refractivity contribution in [2.45, 2.75) is 0 Å². The molecule has 0 amide bonds. The summed E-state index contributed by atoms with van der Waals surface area (Å²) in [6.07, 6.45) is 1.64. The summed E-state index contributed by atoms with van der Waals surface area (Å²) in [6, 6.07) is 8.12. The van der Waals surface area contributed by atoms with Crippen LogP contribution in [0.25, 0.3) is 10.9 Å². The molecule has 2 heterocycles. The van der Waals surface area contributed by atoms with E-state index in [4.69, 9.17) is 18.0 Å². The fourth-order valence-corrected chi connectivity index (χ4v) is 2.76. The Bertz CT molecular complexity index is 616. The first-order valence-corrected chi connectivity index (χ1v) is 7.10. The standard InChI is InChI=1S/C14H17N5S/c15-13(20)9-18-5-7-19(8-6-18)14-11-3-1-2-4-12(11)16-10-17-14/h1-4,10H,5-9H2,(H2,15,20). The second kappa shape index (κ2) is 5.68. The maximum atomic E-state index is 5.60. The van der Waals surface area contributed by atoms with Crippen molar-refractivity contribution < 1.29 is 0 Å². The molecule has 3 rings (SSSR count). The van der Waals surface area contributed by atoms with Gasteiger partial charge in [-0.2, -0.15) is 0 Å². The zero-order chi connectivity index (χ0) is 13.9. The minimum absolute atomic E-state index is 0.561. The Morgan fingerprint density at radius 1 is 1.15 bits per heavy atom. The van der Waals surface area contributed by atoms with Gasteiger partial charge in [0.1, 0.15) is 12.1 Å². The Hall–Kier alpha value is -1.79. The number of nitrogens with two attached hydrogens (primary N) is 1. The van der Waals surface area contributed by atoms with Crippen molar-refractivity contribution in [2.75, 3.05) is 37.6 Å². The first-order valence-electron chi connectivity index (χ1n) is 6.69. The second-order valence-electron chi connectivity index (χ2n) is 4.94. The van der Waals surface area contributed by atoms with E-state index in [1.54, 1.807) is 6.33 Å². The van der Waals surface area contributed by atoms with Crippen molar-refractivity contribution in [3.05, 3.63) is 30.6 Å². The summed E-state index contributed by atoms with van der Waals surface area (Å²) in [7, 11) is 0. The Balaban J connectivity index is 1.78. The molecule has 0 unspecified atom stereocenters. The number of para-hydroxylation sites is 1. The average Bonchev–Trinajstić information content (AvgIpc) is 2.47. The number of hydrogen-bond donors (Lipinski definition) is 1. The van der Waals surface area contributed by atoms with Gasteiger partial charge in [0.25, 0.3) is 0 Å². The van der Waals surface area contributed by atoms with Gasteiger partial charge >= 0.3 is 0 Å². The van der Waals surface area contributed by atoms with Crippen LogP contribution in [0.3, 0.4) is 0 Å². The fraction of sp³-hybridized carbons (Fsp3) is 0.357. The quantitative estimate of drug-likeness (QED) is 0.851. The number of nitrogens with zero attached hydrogens (tertiary/aromatic N) is 4. The van der Waals surface area contributed by atoms with Crippen LogP contribution in [0.2, 0.25) is 0 Å². The van der Waals surface area contributed by atoms with E-state index in [9.17, 15) is 0 Å². The molecule has 1 aliphatic heterocycles. The first-order chi connectivity index (χ1) is 9.74. The molecule has 2 aromatic rings. The van der Waals surface area contributed by atoms with Crippen molar-refractivity contribution in [2.24, 2.45) is 5.73 Å². The highest BCUT2D eigenvalue weighted by atomic mass is 32.1. The van der Waals surface area contributed by atoms with Gasteiger partial charge in [0.2, 0.25) is 0 Å². The van der Waals surface area contributed by atoms with Gasteiger partial charge in [-0.05, 0) is 12.1 Å². The van der Waals surface area contributed by atoms with Gasteiger partial charge in [-0.1, -0.05) is 24.4 Å². The lowest BCUT2D eigenvalue weighted by Crippen LogP contribution is -2.48. The lowest BCUT2D eigenvalue weighted by Gasteiger charge is -2.35. The molecule has 0 spiro atoms. The summed E-state index contributed by atoms with van der Waals surface area (Å²) < 4.78 is 0. The monoisotopic (exact) mass is 287 g/mol. The van der Waals surface area contributed by atoms with Gasteiger partial charge in [-0.15, -0.1) is 0 Å². The molecule has 0 saturated carbocycles. The van der Waals surface area contributed by atoms with Crippen molar-refractivity contribution in [1.82, 2.24) is 14.9 Å². The van der Waals surface area contributed by atoms with Crippen molar-refractivity contribution in [3.8, 4) is 0 Å². The normalized spacial score (nSPS) is 16.5. The number of hydrogen-bond acceptors (Lipinski definition) is 5. The van der Waals surface area contributed by atoms with Gasteiger partial charge in [0, 0.05) is 38.1 Å². The summed E-state index contributed by atoms with van der Waals surface area (Å²) in [5.74, 6) is 1.02. The summed E-state index contributed by atoms with van der Waals surface area (Å²) in [6.45, 7) is 4.48. The maximum absolute atomic E-state index is 5.60. The molecule has 0 bridgehead atoms. The minimum Gasteiger partial charge on any atom is -0.392 e. The Labute approximate surface area is 123 Å². The van der Waals surface area contributed by atoms with Crippen LogP contribution in [0.15, 0.2) is 30.6 Å². The van der Waals surface area contributed by atoms with E-state index in [0.717, 1.165) is 42.9 Å². The van der Waals surface area contributed by atoms with Gasteiger partial charge < -0.3 is 10.6 Å². The molecule has 2 N–H and O–H groups in total. The molecule has 1 aliphatic rings. The van der Waals surface area contributed by atoms with Gasteiger partial charge in [0.15, 0.2) is 0 Å². The van der Waals surface area contributed by atoms with Crippen LogP contribution >= 0.6 is 12.2 Å². The molecule has 20 heavy (non-hydrogen) atoms. The van der Waals surface area contributed by atoms with Crippen LogP contribution in [0.4, 0.5) is 5.82 Å². The number of aromatic nitrogens is 2. The Kier molecular flexibility index (Phi) is 3.75. The van der Waals surface area contributed by atoms with E-state index in [2.05, 4.69) is 25.8 Å². The number of fused-ring (bicyclic) bond motifs is 1. The largest absolute Gasteiger partial charge is 0.392 e. The van der Waals surface area contributed by atoms with E-state index >= 15 is 0 Å². The molecule has 0 aliphatic carbocycles. The highest BCUT2D eigenvalue weighted by Gasteiger charge is 2.19. The maximum Gasteiger partial charge on any atom is 0.139 e. The molecule has 1 aromatic carbocycles. The van der Waals surface area contributed by atoms with Crippen LogP contribution in [-0.4, -0.2) is 52.6 Å². The predicted octanol–water partition coefficient (Wildman–Crippen LogP) is 1.04. The molecule has 1 fully saturated rings. The Morgan fingerprint density at radius 3 is 2.65 bits per heavy atom.